The molecule has 3 aromatic rings. The summed E-state index contributed by atoms with van der Waals surface area (Å²) in [4.78, 5) is 17.8. The van der Waals surface area contributed by atoms with E-state index in [9.17, 15) is 4.79 Å². The molecule has 0 radical (unpaired) electrons. The van der Waals surface area contributed by atoms with Gasteiger partial charge in [0.2, 0.25) is 9.97 Å². The van der Waals surface area contributed by atoms with Crippen molar-refractivity contribution >= 4 is 27.9 Å². The number of hydrogen-bond donors (Lipinski definition) is 0. The van der Waals surface area contributed by atoms with Crippen LogP contribution in [0, 0.1) is 6.92 Å². The molecule has 1 saturated carbocycles. The summed E-state index contributed by atoms with van der Waals surface area (Å²) < 4.78 is 1.76. The summed E-state index contributed by atoms with van der Waals surface area (Å²) in [5.41, 5.74) is 2.48. The second-order valence-electron chi connectivity index (χ2n) is 7.05. The molecule has 1 aliphatic heterocycles. The van der Waals surface area contributed by atoms with E-state index in [0.29, 0.717) is 29.0 Å². The van der Waals surface area contributed by atoms with E-state index >= 15 is 0 Å². The van der Waals surface area contributed by atoms with Crippen molar-refractivity contribution in [2.75, 3.05) is 31.1 Å². The monoisotopic (exact) mass is 368 g/mol. The maximum absolute atomic E-state index is 12.9. The van der Waals surface area contributed by atoms with Crippen molar-refractivity contribution in [1.82, 2.24) is 24.7 Å². The van der Waals surface area contributed by atoms with Gasteiger partial charge in [-0.1, -0.05) is 23.5 Å². The highest BCUT2D eigenvalue weighted by molar-refractivity contribution is 7.18. The van der Waals surface area contributed by atoms with Gasteiger partial charge < -0.3 is 9.80 Å². The van der Waals surface area contributed by atoms with Crippen molar-refractivity contribution in [1.29, 1.82) is 0 Å². The minimum Gasteiger partial charge on any atom is -0.368 e. The summed E-state index contributed by atoms with van der Waals surface area (Å²) in [6, 6.07) is 8.51. The largest absolute Gasteiger partial charge is 0.368 e. The lowest BCUT2D eigenvalue weighted by atomic mass is 10.2. The highest BCUT2D eigenvalue weighted by Crippen LogP contribution is 2.39. The molecule has 5 rings (SSSR count). The standard InChI is InChI=1S/C18H20N6OS/c1-12-3-2-4-14(11-12)22-7-9-23(10-8-22)17(25)16-21-24-15(13-5-6-13)19-20-18(24)26-16/h2-4,11,13H,5-10H2,1H3. The van der Waals surface area contributed by atoms with Crippen LogP contribution in [0.1, 0.15) is 39.9 Å². The third kappa shape index (κ3) is 2.74. The normalized spacial score (nSPS) is 17.9. The number of anilines is 1. The van der Waals surface area contributed by atoms with Gasteiger partial charge in [-0.2, -0.15) is 4.52 Å². The molecule has 0 atom stereocenters. The van der Waals surface area contributed by atoms with Crippen molar-refractivity contribution in [2.24, 2.45) is 0 Å². The summed E-state index contributed by atoms with van der Waals surface area (Å²) >= 11 is 1.34. The van der Waals surface area contributed by atoms with Gasteiger partial charge in [0.1, 0.15) is 0 Å². The van der Waals surface area contributed by atoms with Crippen LogP contribution in [0.2, 0.25) is 0 Å². The second-order valence-corrected chi connectivity index (χ2v) is 8.01. The van der Waals surface area contributed by atoms with E-state index in [4.69, 9.17) is 0 Å². The number of fused-ring (bicyclic) bond motifs is 1. The molecule has 2 aliphatic rings. The predicted molar refractivity (Wildman–Crippen MR) is 99.9 cm³/mol. The van der Waals surface area contributed by atoms with Gasteiger partial charge >= 0.3 is 0 Å². The molecule has 8 heteroatoms. The van der Waals surface area contributed by atoms with E-state index in [-0.39, 0.29) is 5.91 Å². The third-order valence-electron chi connectivity index (χ3n) is 5.07. The SMILES string of the molecule is Cc1cccc(N2CCN(C(=O)c3nn4c(C5CC5)nnc4s3)CC2)c1. The lowest BCUT2D eigenvalue weighted by molar-refractivity contribution is 0.0745. The number of aryl methyl sites for hydroxylation is 1. The highest BCUT2D eigenvalue weighted by atomic mass is 32.1. The van der Waals surface area contributed by atoms with Gasteiger partial charge in [-0.05, 0) is 37.5 Å². The molecule has 26 heavy (non-hydrogen) atoms. The van der Waals surface area contributed by atoms with Crippen LogP contribution < -0.4 is 4.90 Å². The van der Waals surface area contributed by atoms with Crippen LogP contribution in [0.15, 0.2) is 24.3 Å². The van der Waals surface area contributed by atoms with Crippen LogP contribution in [0.4, 0.5) is 5.69 Å². The molecule has 1 saturated heterocycles. The van der Waals surface area contributed by atoms with Gasteiger partial charge in [0.15, 0.2) is 5.82 Å². The van der Waals surface area contributed by atoms with Crippen LogP contribution in [0.5, 0.6) is 0 Å². The summed E-state index contributed by atoms with van der Waals surface area (Å²) in [7, 11) is 0. The quantitative estimate of drug-likeness (QED) is 0.710. The molecular weight excluding hydrogens is 348 g/mol. The van der Waals surface area contributed by atoms with E-state index in [2.05, 4.69) is 51.4 Å². The molecule has 2 fully saturated rings. The number of piperazine rings is 1. The molecule has 0 bridgehead atoms. The molecule has 0 unspecified atom stereocenters. The van der Waals surface area contributed by atoms with Crippen molar-refractivity contribution in [3.63, 3.8) is 0 Å². The Bertz CT molecular complexity index is 967. The number of amides is 1. The van der Waals surface area contributed by atoms with Crippen LogP contribution in [0.25, 0.3) is 4.96 Å². The maximum Gasteiger partial charge on any atom is 0.284 e. The summed E-state index contributed by atoms with van der Waals surface area (Å²) in [6.07, 6.45) is 2.28. The fourth-order valence-electron chi connectivity index (χ4n) is 3.44. The Morgan fingerprint density at radius 3 is 2.69 bits per heavy atom. The zero-order valence-electron chi connectivity index (χ0n) is 14.6. The smallest absolute Gasteiger partial charge is 0.284 e. The van der Waals surface area contributed by atoms with E-state index < -0.39 is 0 Å². The molecule has 134 valence electrons. The number of benzene rings is 1. The van der Waals surface area contributed by atoms with Gasteiger partial charge in [0.05, 0.1) is 0 Å². The first kappa shape index (κ1) is 15.7. The van der Waals surface area contributed by atoms with Crippen LogP contribution in [-0.4, -0.2) is 56.8 Å². The van der Waals surface area contributed by atoms with Gasteiger partial charge in [0, 0.05) is 37.8 Å². The van der Waals surface area contributed by atoms with Crippen molar-refractivity contribution in [3.05, 3.63) is 40.7 Å². The first-order valence-corrected chi connectivity index (χ1v) is 9.84. The van der Waals surface area contributed by atoms with Crippen molar-refractivity contribution in [3.8, 4) is 0 Å². The van der Waals surface area contributed by atoms with Crippen LogP contribution >= 0.6 is 11.3 Å². The Labute approximate surface area is 155 Å². The van der Waals surface area contributed by atoms with E-state index in [1.54, 1.807) is 4.52 Å². The summed E-state index contributed by atoms with van der Waals surface area (Å²) in [6.45, 7) is 5.21. The molecular formula is C18H20N6OS. The molecule has 7 nitrogen and oxygen atoms in total. The Hall–Kier alpha value is -2.48. The van der Waals surface area contributed by atoms with E-state index in [1.807, 2.05) is 4.90 Å². The number of nitrogens with zero attached hydrogens (tertiary/aromatic N) is 6. The Kier molecular flexibility index (Phi) is 3.66. The summed E-state index contributed by atoms with van der Waals surface area (Å²) in [5.74, 6) is 1.37. The number of carbonyl (C=O) groups is 1. The lowest BCUT2D eigenvalue weighted by Crippen LogP contribution is -2.48. The molecule has 2 aromatic heterocycles. The zero-order chi connectivity index (χ0) is 17.7. The number of hydrogen-bond acceptors (Lipinski definition) is 6. The third-order valence-corrected chi connectivity index (χ3v) is 5.96. The molecule has 0 spiro atoms. The van der Waals surface area contributed by atoms with Gasteiger partial charge in [-0.3, -0.25) is 4.79 Å². The zero-order valence-corrected chi connectivity index (χ0v) is 15.4. The molecule has 3 heterocycles. The fourth-order valence-corrected chi connectivity index (χ4v) is 4.26. The Morgan fingerprint density at radius 2 is 1.96 bits per heavy atom. The number of rotatable bonds is 3. The minimum absolute atomic E-state index is 0.00568. The van der Waals surface area contributed by atoms with Crippen molar-refractivity contribution < 1.29 is 4.79 Å². The fraction of sp³-hybridized carbons (Fsp3) is 0.444. The predicted octanol–water partition coefficient (Wildman–Crippen LogP) is 2.33. The van der Waals surface area contributed by atoms with Gasteiger partial charge in [-0.15, -0.1) is 15.3 Å². The highest BCUT2D eigenvalue weighted by Gasteiger charge is 2.31. The topological polar surface area (TPSA) is 66.6 Å². The second kappa shape index (κ2) is 6.05. The molecule has 0 N–H and O–H groups in total. The van der Waals surface area contributed by atoms with Gasteiger partial charge in [0.25, 0.3) is 5.91 Å². The molecule has 1 amide bonds. The Morgan fingerprint density at radius 1 is 1.15 bits per heavy atom. The van der Waals surface area contributed by atoms with E-state index in [1.165, 1.54) is 22.6 Å². The average Bonchev–Trinajstić information content (AvgIpc) is 3.29. The average molecular weight is 368 g/mol. The minimum atomic E-state index is 0.00568. The van der Waals surface area contributed by atoms with Crippen LogP contribution in [0.3, 0.4) is 0 Å². The molecule has 1 aliphatic carbocycles. The maximum atomic E-state index is 12.9. The Balaban J connectivity index is 1.29. The van der Waals surface area contributed by atoms with Crippen molar-refractivity contribution in [2.45, 2.75) is 25.7 Å². The van der Waals surface area contributed by atoms with Crippen LogP contribution in [-0.2, 0) is 0 Å². The first-order chi connectivity index (χ1) is 12.7. The van der Waals surface area contributed by atoms with E-state index in [0.717, 1.165) is 31.8 Å². The number of aromatic nitrogens is 4. The summed E-state index contributed by atoms with van der Waals surface area (Å²) in [5, 5.41) is 13.4. The molecule has 1 aromatic carbocycles. The first-order valence-electron chi connectivity index (χ1n) is 9.02. The lowest BCUT2D eigenvalue weighted by Gasteiger charge is -2.35. The number of carbonyl (C=O) groups excluding carboxylic acids is 1. The van der Waals surface area contributed by atoms with Gasteiger partial charge in [-0.25, -0.2) is 0 Å².